The number of hydrogen-bond acceptors (Lipinski definition) is 3. The number of ether oxygens (including phenoxy) is 1. The second-order valence-electron chi connectivity index (χ2n) is 6.64. The van der Waals surface area contributed by atoms with E-state index in [0.29, 0.717) is 31.6 Å². The highest BCUT2D eigenvalue weighted by atomic mass is 79.9. The van der Waals surface area contributed by atoms with Gasteiger partial charge in [0, 0.05) is 17.1 Å². The fraction of sp³-hybridized carbons (Fsp3) is 0.500. The molecule has 2 fully saturated rings. The highest BCUT2D eigenvalue weighted by Gasteiger charge is 2.40. The van der Waals surface area contributed by atoms with Crippen LogP contribution in [0.15, 0.2) is 22.8 Å². The van der Waals surface area contributed by atoms with Crippen molar-refractivity contribution in [1.29, 1.82) is 0 Å². The van der Waals surface area contributed by atoms with E-state index in [9.17, 15) is 21.6 Å². The first-order chi connectivity index (χ1) is 12.3. The lowest BCUT2D eigenvalue weighted by molar-refractivity contribution is -0.0215. The molecule has 10 heteroatoms. The molecule has 4 rings (SSSR count). The maximum atomic E-state index is 14.1. The molecule has 1 aromatic heterocycles. The van der Waals surface area contributed by atoms with Crippen LogP contribution in [0.3, 0.4) is 0 Å². The Hall–Kier alpha value is -1.10. The van der Waals surface area contributed by atoms with Crippen molar-refractivity contribution < 1.29 is 26.3 Å². The van der Waals surface area contributed by atoms with Crippen LogP contribution in [-0.4, -0.2) is 37.9 Å². The van der Waals surface area contributed by atoms with Crippen LogP contribution in [0.2, 0.25) is 0 Å². The summed E-state index contributed by atoms with van der Waals surface area (Å²) in [6.45, 7) is 0.844. The molecular formula is C16H16BrF3N2O3S. The van der Waals surface area contributed by atoms with Crippen LogP contribution in [0.1, 0.15) is 30.5 Å². The highest BCUT2D eigenvalue weighted by Crippen LogP contribution is 2.37. The van der Waals surface area contributed by atoms with Gasteiger partial charge in [0.15, 0.2) is 0 Å². The molecule has 2 aromatic rings. The van der Waals surface area contributed by atoms with E-state index in [1.165, 1.54) is 12.3 Å². The quantitative estimate of drug-likeness (QED) is 0.729. The molecular weight excluding hydrogens is 437 g/mol. The number of fused-ring (bicyclic) bond motifs is 1. The van der Waals surface area contributed by atoms with E-state index in [4.69, 9.17) is 4.74 Å². The highest BCUT2D eigenvalue weighted by molar-refractivity contribution is 9.10. The van der Waals surface area contributed by atoms with Gasteiger partial charge >= 0.3 is 0 Å². The van der Waals surface area contributed by atoms with E-state index in [0.717, 1.165) is 6.07 Å². The second-order valence-corrected chi connectivity index (χ2v) is 9.49. The Morgan fingerprint density at radius 2 is 1.96 bits per heavy atom. The van der Waals surface area contributed by atoms with Gasteiger partial charge in [-0.15, -0.1) is 0 Å². The van der Waals surface area contributed by atoms with Gasteiger partial charge in [-0.3, -0.25) is 0 Å². The van der Waals surface area contributed by atoms with Crippen molar-refractivity contribution in [2.45, 2.75) is 36.6 Å². The first kappa shape index (κ1) is 18.3. The lowest BCUT2D eigenvalue weighted by atomic mass is 10.1. The first-order valence-corrected chi connectivity index (χ1v) is 10.5. The van der Waals surface area contributed by atoms with Gasteiger partial charge in [-0.2, -0.15) is 0 Å². The van der Waals surface area contributed by atoms with Crippen molar-refractivity contribution >= 4 is 36.9 Å². The molecule has 0 unspecified atom stereocenters. The number of sulfonamides is 1. The van der Waals surface area contributed by atoms with Gasteiger partial charge in [0.1, 0.15) is 11.9 Å². The number of aromatic nitrogens is 1. The van der Waals surface area contributed by atoms with Crippen molar-refractivity contribution in [2.24, 2.45) is 0 Å². The smallest absolute Gasteiger partial charge is 0.258 e. The molecule has 1 atom stereocenters. The van der Waals surface area contributed by atoms with Gasteiger partial charge in [-0.05, 0) is 40.9 Å². The van der Waals surface area contributed by atoms with Crippen LogP contribution < -0.4 is 4.72 Å². The first-order valence-electron chi connectivity index (χ1n) is 8.14. The van der Waals surface area contributed by atoms with E-state index in [-0.39, 0.29) is 21.5 Å². The lowest BCUT2D eigenvalue weighted by Gasteiger charge is -2.28. The molecule has 2 aliphatic rings. The molecule has 142 valence electrons. The van der Waals surface area contributed by atoms with Gasteiger partial charge in [0.25, 0.3) is 6.43 Å². The van der Waals surface area contributed by atoms with E-state index in [1.54, 1.807) is 4.57 Å². The van der Waals surface area contributed by atoms with Gasteiger partial charge < -0.3 is 9.30 Å². The Morgan fingerprint density at radius 1 is 1.27 bits per heavy atom. The molecule has 26 heavy (non-hydrogen) atoms. The van der Waals surface area contributed by atoms with Gasteiger partial charge in [-0.1, -0.05) is 0 Å². The summed E-state index contributed by atoms with van der Waals surface area (Å²) < 4.78 is 75.2. The predicted molar refractivity (Wildman–Crippen MR) is 93.3 cm³/mol. The van der Waals surface area contributed by atoms with Crippen molar-refractivity contribution in [3.05, 3.63) is 34.2 Å². The Labute approximate surface area is 156 Å². The number of nitrogens with zero attached hydrogens (tertiary/aromatic N) is 1. The largest absolute Gasteiger partial charge is 0.377 e. The molecule has 0 spiro atoms. The number of benzene rings is 1. The summed E-state index contributed by atoms with van der Waals surface area (Å²) in [5.41, 5.74) is 0.621. The molecule has 0 radical (unpaired) electrons. The number of alkyl halides is 2. The normalized spacial score (nSPS) is 19.9. The third-order valence-corrected chi connectivity index (χ3v) is 7.30. The minimum absolute atomic E-state index is 0.0537. The number of nitrogens with one attached hydrogen (secondary N) is 1. The number of rotatable bonds is 6. The van der Waals surface area contributed by atoms with Crippen LogP contribution in [0.4, 0.5) is 13.2 Å². The summed E-state index contributed by atoms with van der Waals surface area (Å²) in [5.74, 6) is -0.598. The molecule has 1 aliphatic heterocycles. The fourth-order valence-electron chi connectivity index (χ4n) is 3.11. The molecule has 0 bridgehead atoms. The van der Waals surface area contributed by atoms with Crippen LogP contribution in [0.25, 0.3) is 10.9 Å². The van der Waals surface area contributed by atoms with Crippen molar-refractivity contribution in [3.8, 4) is 0 Å². The fourth-order valence-corrected chi connectivity index (χ4v) is 4.97. The van der Waals surface area contributed by atoms with E-state index in [2.05, 4.69) is 20.7 Å². The third kappa shape index (κ3) is 3.17. The minimum Gasteiger partial charge on any atom is -0.377 e. The monoisotopic (exact) mass is 452 g/mol. The van der Waals surface area contributed by atoms with Crippen LogP contribution in [0, 0.1) is 5.82 Å². The Bertz CT molecular complexity index is 955. The zero-order valence-electron chi connectivity index (χ0n) is 13.5. The summed E-state index contributed by atoms with van der Waals surface area (Å²) >= 11 is 3.11. The molecule has 0 amide bonds. The Balaban J connectivity index is 1.83. The predicted octanol–water partition coefficient (Wildman–Crippen LogP) is 3.50. The standard InChI is InChI=1S/C16H16BrF3N2O3S/c17-12-4-14-10(3-13(12)18)11(5-22(14)8-6-25-7-8)15(16(19)20)21-26(23,24)9-1-2-9/h3-5,8-9,15-16,21H,1-2,6-7H2/t15-/m0/s1. The summed E-state index contributed by atoms with van der Waals surface area (Å²) in [5, 5.41) is -0.357. The van der Waals surface area contributed by atoms with Gasteiger partial charge in [0.05, 0.1) is 34.5 Å². The average Bonchev–Trinajstić information content (AvgIpc) is 3.31. The minimum atomic E-state index is -3.84. The maximum absolute atomic E-state index is 14.1. The Kier molecular flexibility index (Phi) is 4.57. The van der Waals surface area contributed by atoms with E-state index >= 15 is 0 Å². The zero-order valence-corrected chi connectivity index (χ0v) is 15.9. The number of halogens is 4. The molecule has 2 heterocycles. The molecule has 5 nitrogen and oxygen atoms in total. The van der Waals surface area contributed by atoms with Crippen molar-refractivity contribution in [3.63, 3.8) is 0 Å². The molecule has 1 saturated heterocycles. The summed E-state index contributed by atoms with van der Waals surface area (Å²) in [6, 6.07) is 0.892. The lowest BCUT2D eigenvalue weighted by Crippen LogP contribution is -2.35. The molecule has 1 aromatic carbocycles. The average molecular weight is 453 g/mol. The maximum Gasteiger partial charge on any atom is 0.258 e. The second kappa shape index (κ2) is 6.50. The van der Waals surface area contributed by atoms with Gasteiger partial charge in [0.2, 0.25) is 10.0 Å². The van der Waals surface area contributed by atoms with Crippen LogP contribution in [0.5, 0.6) is 0 Å². The van der Waals surface area contributed by atoms with Crippen LogP contribution in [-0.2, 0) is 14.8 Å². The summed E-state index contributed by atoms with van der Waals surface area (Å²) in [4.78, 5) is 0. The zero-order chi connectivity index (χ0) is 18.6. The van der Waals surface area contributed by atoms with E-state index in [1.807, 2.05) is 0 Å². The third-order valence-electron chi connectivity index (χ3n) is 4.76. The summed E-state index contributed by atoms with van der Waals surface area (Å²) in [7, 11) is -3.84. The molecule has 1 N–H and O–H groups in total. The molecule has 1 aliphatic carbocycles. The Morgan fingerprint density at radius 3 is 2.50 bits per heavy atom. The molecule has 1 saturated carbocycles. The number of hydrogen-bond donors (Lipinski definition) is 1. The van der Waals surface area contributed by atoms with Crippen molar-refractivity contribution in [1.82, 2.24) is 9.29 Å². The topological polar surface area (TPSA) is 60.3 Å². The van der Waals surface area contributed by atoms with E-state index < -0.39 is 33.6 Å². The SMILES string of the molecule is O=S(=O)(N[C@@H](c1cn(C2COC2)c2cc(Br)c(F)cc12)C(F)F)C1CC1. The van der Waals surface area contributed by atoms with Crippen LogP contribution >= 0.6 is 15.9 Å². The van der Waals surface area contributed by atoms with Gasteiger partial charge in [-0.25, -0.2) is 26.3 Å². The van der Waals surface area contributed by atoms with Crippen molar-refractivity contribution in [2.75, 3.05) is 13.2 Å². The summed E-state index contributed by atoms with van der Waals surface area (Å²) in [6.07, 6.45) is -0.551.